The molecule has 3 atom stereocenters. The number of nitrogens with zero attached hydrogens (tertiary/aromatic N) is 3. The van der Waals surface area contributed by atoms with Crippen LogP contribution in [-0.4, -0.2) is 34.8 Å². The van der Waals surface area contributed by atoms with E-state index in [1.54, 1.807) is 4.68 Å². The Morgan fingerprint density at radius 3 is 2.59 bits per heavy atom. The monoisotopic (exact) mass is 531 g/mol. The lowest BCUT2D eigenvalue weighted by atomic mass is 10.0. The molecule has 0 aliphatic carbocycles. The van der Waals surface area contributed by atoms with Crippen LogP contribution in [0.1, 0.15) is 76.3 Å². The number of hydrogen-bond donors (Lipinski definition) is 1. The van der Waals surface area contributed by atoms with Gasteiger partial charge in [-0.3, -0.25) is 0 Å². The summed E-state index contributed by atoms with van der Waals surface area (Å²) in [4.78, 5) is 4.37. The van der Waals surface area contributed by atoms with E-state index in [0.717, 1.165) is 31.4 Å². The molecule has 1 aliphatic rings. The van der Waals surface area contributed by atoms with Crippen LogP contribution in [0.4, 0.5) is 8.78 Å². The Labute approximate surface area is 197 Å². The third kappa shape index (κ3) is 5.83. The molecule has 6 nitrogen and oxygen atoms in total. The van der Waals surface area contributed by atoms with Gasteiger partial charge in [-0.2, -0.15) is 0 Å². The second-order valence-corrected chi connectivity index (χ2v) is 15.3. The zero-order chi connectivity index (χ0) is 23.7. The van der Waals surface area contributed by atoms with Crippen LogP contribution in [-0.2, 0) is 9.16 Å². The third-order valence-electron chi connectivity index (χ3n) is 6.35. The summed E-state index contributed by atoms with van der Waals surface area (Å²) in [6, 6.07) is 3.74. The van der Waals surface area contributed by atoms with Crippen LogP contribution in [0.2, 0.25) is 18.1 Å². The van der Waals surface area contributed by atoms with Crippen LogP contribution in [0, 0.1) is 11.6 Å². The first-order valence-electron chi connectivity index (χ1n) is 10.9. The number of ether oxygens (including phenoxy) is 1. The molecule has 178 valence electrons. The molecule has 1 unspecified atom stereocenters. The fourth-order valence-corrected chi connectivity index (χ4v) is 5.12. The molecule has 32 heavy (non-hydrogen) atoms. The van der Waals surface area contributed by atoms with E-state index in [9.17, 15) is 13.9 Å². The molecule has 1 N–H and O–H groups in total. The smallest absolute Gasteiger partial charge is 0.217 e. The van der Waals surface area contributed by atoms with Gasteiger partial charge in [0.15, 0.2) is 32.0 Å². The van der Waals surface area contributed by atoms with Crippen molar-refractivity contribution >= 4 is 24.2 Å². The molecule has 1 aliphatic heterocycles. The molecule has 0 bridgehead atoms. The van der Waals surface area contributed by atoms with Crippen LogP contribution >= 0.6 is 15.9 Å². The van der Waals surface area contributed by atoms with Crippen molar-refractivity contribution in [2.45, 2.75) is 83.0 Å². The number of rotatable bonds is 7. The molecule has 1 fully saturated rings. The van der Waals surface area contributed by atoms with Crippen molar-refractivity contribution in [3.8, 4) is 0 Å². The maximum atomic E-state index is 14.0. The Morgan fingerprint density at radius 1 is 1.28 bits per heavy atom. The van der Waals surface area contributed by atoms with Gasteiger partial charge in [-0.1, -0.05) is 26.8 Å². The number of halogens is 3. The van der Waals surface area contributed by atoms with Crippen LogP contribution in [0.15, 0.2) is 22.9 Å². The van der Waals surface area contributed by atoms with E-state index in [2.05, 4.69) is 59.9 Å². The molecule has 0 spiro atoms. The fourth-order valence-electron chi connectivity index (χ4n) is 3.47. The summed E-state index contributed by atoms with van der Waals surface area (Å²) in [6.07, 6.45) is 0.916. The van der Waals surface area contributed by atoms with E-state index in [1.165, 1.54) is 6.07 Å². The van der Waals surface area contributed by atoms with Gasteiger partial charge >= 0.3 is 0 Å². The van der Waals surface area contributed by atoms with Gasteiger partial charge < -0.3 is 14.3 Å². The molecule has 3 rings (SSSR count). The SMILES string of the molecule is CC(C)(C)[Si](C)(C)O[C@H](C[C@@H](O)c1nc(Br)nn1C1CCCCO1)c1ccc(F)c(F)c1. The van der Waals surface area contributed by atoms with Crippen LogP contribution in [0.5, 0.6) is 0 Å². The van der Waals surface area contributed by atoms with E-state index in [-0.39, 0.29) is 17.7 Å². The van der Waals surface area contributed by atoms with Crippen molar-refractivity contribution in [3.05, 3.63) is 46.0 Å². The maximum absolute atomic E-state index is 14.0. The maximum Gasteiger partial charge on any atom is 0.217 e. The molecule has 10 heteroatoms. The van der Waals surface area contributed by atoms with Crippen LogP contribution in [0.3, 0.4) is 0 Å². The summed E-state index contributed by atoms with van der Waals surface area (Å²) in [6.45, 7) is 11.1. The summed E-state index contributed by atoms with van der Waals surface area (Å²) < 4.78 is 42.0. The van der Waals surface area contributed by atoms with Gasteiger partial charge in [0.25, 0.3) is 0 Å². The Hall–Kier alpha value is -1.20. The van der Waals surface area contributed by atoms with Crippen molar-refractivity contribution in [1.82, 2.24) is 14.8 Å². The lowest BCUT2D eigenvalue weighted by Gasteiger charge is -2.40. The highest BCUT2D eigenvalue weighted by molar-refractivity contribution is 9.10. The van der Waals surface area contributed by atoms with E-state index in [1.807, 2.05) is 0 Å². The summed E-state index contributed by atoms with van der Waals surface area (Å²) in [5, 5.41) is 15.4. The van der Waals surface area contributed by atoms with Crippen LogP contribution in [0.25, 0.3) is 0 Å². The van der Waals surface area contributed by atoms with Crippen molar-refractivity contribution in [2.24, 2.45) is 0 Å². The quantitative estimate of drug-likeness (QED) is 0.430. The first kappa shape index (κ1) is 25.4. The highest BCUT2D eigenvalue weighted by Gasteiger charge is 2.40. The average molecular weight is 533 g/mol. The fraction of sp³-hybridized carbons (Fsp3) is 0.636. The predicted octanol–water partition coefficient (Wildman–Crippen LogP) is 6.20. The number of hydrogen-bond acceptors (Lipinski definition) is 5. The predicted molar refractivity (Wildman–Crippen MR) is 124 cm³/mol. The molecule has 0 amide bonds. The first-order valence-corrected chi connectivity index (χ1v) is 14.6. The Morgan fingerprint density at radius 2 is 2.00 bits per heavy atom. The highest BCUT2D eigenvalue weighted by Crippen LogP contribution is 2.42. The van der Waals surface area contributed by atoms with Crippen molar-refractivity contribution in [2.75, 3.05) is 6.61 Å². The molecule has 1 saturated heterocycles. The normalized spacial score (nSPS) is 19.7. The van der Waals surface area contributed by atoms with Crippen molar-refractivity contribution in [3.63, 3.8) is 0 Å². The molecular formula is C22H32BrF2N3O3Si. The third-order valence-corrected chi connectivity index (χ3v) is 11.2. The van der Waals surface area contributed by atoms with Crippen LogP contribution < -0.4 is 0 Å². The van der Waals surface area contributed by atoms with Gasteiger partial charge in [-0.05, 0) is 71.0 Å². The van der Waals surface area contributed by atoms with Gasteiger partial charge in [0.2, 0.25) is 4.73 Å². The first-order chi connectivity index (χ1) is 14.9. The minimum atomic E-state index is -2.29. The molecule has 0 radical (unpaired) electrons. The lowest BCUT2D eigenvalue weighted by molar-refractivity contribution is -0.0466. The molecular weight excluding hydrogens is 500 g/mol. The van der Waals surface area contributed by atoms with Gasteiger partial charge in [0.05, 0.1) is 6.10 Å². The highest BCUT2D eigenvalue weighted by atomic mass is 79.9. The molecule has 1 aromatic carbocycles. The topological polar surface area (TPSA) is 69.4 Å². The Kier molecular flexibility index (Phi) is 7.92. The number of aliphatic hydroxyl groups is 1. The number of benzene rings is 1. The van der Waals surface area contributed by atoms with Crippen molar-refractivity contribution in [1.29, 1.82) is 0 Å². The second-order valence-electron chi connectivity index (χ2n) is 9.80. The van der Waals surface area contributed by atoms with Gasteiger partial charge in [0, 0.05) is 13.0 Å². The zero-order valence-electron chi connectivity index (χ0n) is 19.2. The van der Waals surface area contributed by atoms with E-state index in [0.29, 0.717) is 22.7 Å². The standard InChI is InChI=1S/C22H32BrF2N3O3Si/c1-22(2,3)32(4,5)31-18(14-9-10-15(24)16(25)12-14)13-17(29)20-26-21(23)27-28(20)19-8-6-7-11-30-19/h9-10,12,17-19,29H,6-8,11,13H2,1-5H3/t17-,18-,19?/m1/s1. The minimum absolute atomic E-state index is 0.103. The summed E-state index contributed by atoms with van der Waals surface area (Å²) >= 11 is 3.30. The average Bonchev–Trinajstić information content (AvgIpc) is 3.11. The largest absolute Gasteiger partial charge is 0.410 e. The van der Waals surface area contributed by atoms with Crippen molar-refractivity contribution < 1.29 is 23.1 Å². The van der Waals surface area contributed by atoms with Gasteiger partial charge in [-0.15, -0.1) is 5.10 Å². The molecule has 2 aromatic rings. The van der Waals surface area contributed by atoms with E-state index >= 15 is 0 Å². The second kappa shape index (κ2) is 9.96. The van der Waals surface area contributed by atoms with E-state index in [4.69, 9.17) is 9.16 Å². The Balaban J connectivity index is 1.91. The molecule has 2 heterocycles. The minimum Gasteiger partial charge on any atom is -0.410 e. The number of aromatic nitrogens is 3. The number of aliphatic hydroxyl groups excluding tert-OH is 1. The zero-order valence-corrected chi connectivity index (χ0v) is 21.8. The summed E-state index contributed by atoms with van der Waals surface area (Å²) in [5.74, 6) is -1.50. The van der Waals surface area contributed by atoms with Gasteiger partial charge in [0.1, 0.15) is 6.10 Å². The summed E-state index contributed by atoms with van der Waals surface area (Å²) in [5.41, 5.74) is 0.479. The van der Waals surface area contributed by atoms with E-state index < -0.39 is 32.2 Å². The summed E-state index contributed by atoms with van der Waals surface area (Å²) in [7, 11) is -2.29. The Bertz CT molecular complexity index is 930. The van der Waals surface area contributed by atoms with Gasteiger partial charge in [-0.25, -0.2) is 18.4 Å². The molecule has 0 saturated carbocycles. The molecule has 1 aromatic heterocycles. The lowest BCUT2D eigenvalue weighted by Crippen LogP contribution is -2.42.